The van der Waals surface area contributed by atoms with E-state index in [9.17, 15) is 14.4 Å². The molecule has 0 aliphatic heterocycles. The van der Waals surface area contributed by atoms with Crippen LogP contribution in [0.2, 0.25) is 0 Å². The fourth-order valence-corrected chi connectivity index (χ4v) is 2.74. The smallest absolute Gasteiger partial charge is 0.347 e. The Kier molecular flexibility index (Phi) is 4.16. The van der Waals surface area contributed by atoms with Crippen LogP contribution in [0.1, 0.15) is 28.5 Å². The summed E-state index contributed by atoms with van der Waals surface area (Å²) in [7, 11) is 0. The minimum atomic E-state index is -0.712. The molecule has 24 heavy (non-hydrogen) atoms. The maximum Gasteiger partial charge on any atom is 0.347 e. The highest BCUT2D eigenvalue weighted by molar-refractivity contribution is 5.96. The molecular weight excluding hydrogens is 306 g/mol. The molecule has 0 bridgehead atoms. The molecule has 0 amide bonds. The number of hydrogen-bond donors (Lipinski definition) is 0. The van der Waals surface area contributed by atoms with Gasteiger partial charge in [-0.25, -0.2) is 4.79 Å². The molecule has 0 aliphatic carbocycles. The summed E-state index contributed by atoms with van der Waals surface area (Å²) in [5.41, 5.74) is 0.986. The summed E-state index contributed by atoms with van der Waals surface area (Å²) in [6.07, 6.45) is 0.712. The van der Waals surface area contributed by atoms with Gasteiger partial charge in [0.15, 0.2) is 5.78 Å². The van der Waals surface area contributed by atoms with Crippen LogP contribution in [0.4, 0.5) is 0 Å². The van der Waals surface area contributed by atoms with Crippen LogP contribution in [-0.4, -0.2) is 10.4 Å². The SMILES string of the molecule is CC(=O)c1cc2c(=O)n(CCc3ccccc3)c(C)cc2oc1=O. The highest BCUT2D eigenvalue weighted by Crippen LogP contribution is 2.13. The summed E-state index contributed by atoms with van der Waals surface area (Å²) in [6, 6.07) is 12.9. The molecule has 0 unspecified atom stereocenters. The molecule has 122 valence electrons. The predicted molar refractivity (Wildman–Crippen MR) is 91.6 cm³/mol. The lowest BCUT2D eigenvalue weighted by atomic mass is 10.1. The summed E-state index contributed by atoms with van der Waals surface area (Å²) in [5, 5.41) is 0.249. The minimum Gasteiger partial charge on any atom is -0.422 e. The van der Waals surface area contributed by atoms with Gasteiger partial charge in [-0.15, -0.1) is 0 Å². The van der Waals surface area contributed by atoms with Gasteiger partial charge in [0.25, 0.3) is 5.56 Å². The molecule has 0 saturated carbocycles. The standard InChI is InChI=1S/C19H17NO4/c1-12-10-17-16(11-15(13(2)21)19(23)24-17)18(22)20(12)9-8-14-6-4-3-5-7-14/h3-7,10-11H,8-9H2,1-2H3. The lowest BCUT2D eigenvalue weighted by molar-refractivity contribution is 0.101. The van der Waals surface area contributed by atoms with E-state index < -0.39 is 11.4 Å². The Morgan fingerprint density at radius 1 is 1.12 bits per heavy atom. The number of aromatic nitrogens is 1. The third-order valence-electron chi connectivity index (χ3n) is 4.06. The van der Waals surface area contributed by atoms with E-state index in [0.29, 0.717) is 18.7 Å². The monoisotopic (exact) mass is 323 g/mol. The molecule has 0 aliphatic rings. The van der Waals surface area contributed by atoms with Gasteiger partial charge in [-0.3, -0.25) is 9.59 Å². The molecule has 0 N–H and O–H groups in total. The van der Waals surface area contributed by atoms with Crippen LogP contribution >= 0.6 is 0 Å². The van der Waals surface area contributed by atoms with Gasteiger partial charge in [-0.1, -0.05) is 30.3 Å². The Bertz CT molecular complexity index is 1030. The number of pyridine rings is 1. The Hall–Kier alpha value is -2.95. The lowest BCUT2D eigenvalue weighted by Crippen LogP contribution is -2.25. The largest absolute Gasteiger partial charge is 0.422 e. The summed E-state index contributed by atoms with van der Waals surface area (Å²) in [4.78, 5) is 36.1. The number of carbonyl (C=O) groups is 1. The van der Waals surface area contributed by atoms with E-state index in [1.165, 1.54) is 13.0 Å². The second-order valence-corrected chi connectivity index (χ2v) is 5.76. The zero-order valence-corrected chi connectivity index (χ0v) is 13.5. The quantitative estimate of drug-likeness (QED) is 0.692. The van der Waals surface area contributed by atoms with Crippen LogP contribution in [-0.2, 0) is 13.0 Å². The van der Waals surface area contributed by atoms with Gasteiger partial charge in [0.2, 0.25) is 0 Å². The first-order chi connectivity index (χ1) is 11.5. The number of fused-ring (bicyclic) bond motifs is 1. The average Bonchev–Trinajstić information content (AvgIpc) is 2.54. The molecule has 3 aromatic rings. The topological polar surface area (TPSA) is 69.3 Å². The first-order valence-electron chi connectivity index (χ1n) is 7.70. The molecule has 2 heterocycles. The zero-order chi connectivity index (χ0) is 17.3. The van der Waals surface area contributed by atoms with Crippen LogP contribution in [0, 0.1) is 6.92 Å². The van der Waals surface area contributed by atoms with Gasteiger partial charge in [0.1, 0.15) is 11.1 Å². The number of carbonyl (C=O) groups excluding carboxylic acids is 1. The summed E-state index contributed by atoms with van der Waals surface area (Å²) in [5.74, 6) is -0.415. The number of Topliss-reactive ketones (excluding diaryl/α,β-unsaturated/α-hetero) is 1. The van der Waals surface area contributed by atoms with Crippen molar-refractivity contribution in [2.45, 2.75) is 26.8 Å². The summed E-state index contributed by atoms with van der Waals surface area (Å²) >= 11 is 0. The van der Waals surface area contributed by atoms with Crippen molar-refractivity contribution >= 4 is 16.8 Å². The molecule has 2 aromatic heterocycles. The van der Waals surface area contributed by atoms with E-state index in [1.807, 2.05) is 30.3 Å². The zero-order valence-electron chi connectivity index (χ0n) is 13.5. The van der Waals surface area contributed by atoms with Gasteiger partial charge in [0, 0.05) is 18.3 Å². The van der Waals surface area contributed by atoms with E-state index in [4.69, 9.17) is 4.42 Å². The van der Waals surface area contributed by atoms with Crippen molar-refractivity contribution in [2.24, 2.45) is 0 Å². The van der Waals surface area contributed by atoms with Crippen LogP contribution in [0.3, 0.4) is 0 Å². The molecule has 0 spiro atoms. The van der Waals surface area contributed by atoms with Crippen molar-refractivity contribution in [1.29, 1.82) is 0 Å². The highest BCUT2D eigenvalue weighted by atomic mass is 16.4. The van der Waals surface area contributed by atoms with E-state index in [2.05, 4.69) is 0 Å². The number of ketones is 1. The van der Waals surface area contributed by atoms with Gasteiger partial charge in [-0.2, -0.15) is 0 Å². The number of benzene rings is 1. The van der Waals surface area contributed by atoms with Crippen molar-refractivity contribution in [3.8, 4) is 0 Å². The Labute approximate surface area is 138 Å². The van der Waals surface area contributed by atoms with E-state index in [-0.39, 0.29) is 22.1 Å². The first-order valence-corrected chi connectivity index (χ1v) is 7.70. The van der Waals surface area contributed by atoms with Crippen LogP contribution in [0.5, 0.6) is 0 Å². The molecule has 0 radical (unpaired) electrons. The molecular formula is C19H17NO4. The van der Waals surface area contributed by atoms with Crippen molar-refractivity contribution in [1.82, 2.24) is 4.57 Å². The third-order valence-corrected chi connectivity index (χ3v) is 4.06. The fraction of sp³-hybridized carbons (Fsp3) is 0.211. The number of aryl methyl sites for hydroxylation is 2. The second-order valence-electron chi connectivity index (χ2n) is 5.76. The Morgan fingerprint density at radius 2 is 1.83 bits per heavy atom. The number of rotatable bonds is 4. The average molecular weight is 323 g/mol. The fourth-order valence-electron chi connectivity index (χ4n) is 2.74. The molecule has 5 nitrogen and oxygen atoms in total. The van der Waals surface area contributed by atoms with Gasteiger partial charge < -0.3 is 8.98 Å². The van der Waals surface area contributed by atoms with E-state index in [0.717, 1.165) is 5.56 Å². The lowest BCUT2D eigenvalue weighted by Gasteiger charge is -2.11. The van der Waals surface area contributed by atoms with Crippen LogP contribution in [0.25, 0.3) is 11.0 Å². The first kappa shape index (κ1) is 15.9. The van der Waals surface area contributed by atoms with E-state index in [1.54, 1.807) is 17.6 Å². The molecule has 0 saturated heterocycles. The molecule has 0 atom stereocenters. The van der Waals surface area contributed by atoms with E-state index >= 15 is 0 Å². The normalized spacial score (nSPS) is 10.9. The number of hydrogen-bond acceptors (Lipinski definition) is 4. The third kappa shape index (κ3) is 2.93. The minimum absolute atomic E-state index is 0.0990. The molecule has 3 rings (SSSR count). The summed E-state index contributed by atoms with van der Waals surface area (Å²) in [6.45, 7) is 3.59. The van der Waals surface area contributed by atoms with Crippen molar-refractivity contribution < 1.29 is 9.21 Å². The van der Waals surface area contributed by atoms with Crippen LogP contribution < -0.4 is 11.2 Å². The molecule has 0 fully saturated rings. The Balaban J connectivity index is 2.08. The second kappa shape index (κ2) is 6.28. The van der Waals surface area contributed by atoms with Crippen LogP contribution in [0.15, 0.2) is 56.5 Å². The summed E-state index contributed by atoms with van der Waals surface area (Å²) < 4.78 is 6.78. The maximum atomic E-state index is 12.7. The maximum absolute atomic E-state index is 12.7. The van der Waals surface area contributed by atoms with Gasteiger partial charge >= 0.3 is 5.63 Å². The van der Waals surface area contributed by atoms with Crippen molar-refractivity contribution in [3.05, 3.63) is 80.1 Å². The van der Waals surface area contributed by atoms with Crippen molar-refractivity contribution in [3.63, 3.8) is 0 Å². The Morgan fingerprint density at radius 3 is 2.50 bits per heavy atom. The molecule has 1 aromatic carbocycles. The van der Waals surface area contributed by atoms with Gasteiger partial charge in [0.05, 0.1) is 5.39 Å². The molecule has 5 heteroatoms. The van der Waals surface area contributed by atoms with Gasteiger partial charge in [-0.05, 0) is 31.9 Å². The highest BCUT2D eigenvalue weighted by Gasteiger charge is 2.14. The van der Waals surface area contributed by atoms with Crippen molar-refractivity contribution in [2.75, 3.05) is 0 Å². The number of nitrogens with zero attached hydrogens (tertiary/aromatic N) is 1. The predicted octanol–water partition coefficient (Wildman–Crippen LogP) is 2.71.